The van der Waals surface area contributed by atoms with E-state index in [9.17, 15) is 9.90 Å². The van der Waals surface area contributed by atoms with Crippen LogP contribution in [0.1, 0.15) is 23.6 Å². The minimum atomic E-state index is -0.225. The molecule has 9 nitrogen and oxygen atoms in total. The highest BCUT2D eigenvalue weighted by molar-refractivity contribution is 7.99. The molecule has 1 amide bonds. The van der Waals surface area contributed by atoms with Crippen LogP contribution >= 0.6 is 11.8 Å². The molecule has 1 aliphatic rings. The number of hydrogen-bond donors (Lipinski definition) is 1. The minimum Gasteiger partial charge on any atom is -0.508 e. The molecule has 0 fully saturated rings. The Hall–Kier alpha value is -4.18. The standard InChI is InChI=1S/C25H22N6O3S/c1-34-21-13-7-18(8-14-21)23-15-22(17-5-3-2-4-6-17)27-31(23)24(33)16-35-25-26-28-29-30(25)19-9-11-20(32)12-10-19/h2-14,23,32H,15-16H2,1H3/t23-/m0/s1. The Morgan fingerprint density at radius 3 is 2.51 bits per heavy atom. The second-order valence-corrected chi connectivity index (χ2v) is 8.76. The van der Waals surface area contributed by atoms with Crippen LogP contribution in [-0.2, 0) is 4.79 Å². The SMILES string of the molecule is COc1ccc([C@@H]2CC(c3ccccc3)=NN2C(=O)CSc2nnnn2-c2ccc(O)cc2)cc1. The molecule has 1 N–H and O–H groups in total. The van der Waals surface area contributed by atoms with Crippen LogP contribution in [0.3, 0.4) is 0 Å². The van der Waals surface area contributed by atoms with Crippen molar-refractivity contribution < 1.29 is 14.6 Å². The molecule has 2 heterocycles. The molecule has 10 heteroatoms. The van der Waals surface area contributed by atoms with Crippen molar-refractivity contribution in [2.75, 3.05) is 12.9 Å². The first-order chi connectivity index (χ1) is 17.1. The Bertz CT molecular complexity index is 1340. The highest BCUT2D eigenvalue weighted by Crippen LogP contribution is 2.34. The van der Waals surface area contributed by atoms with Crippen LogP contribution in [0.15, 0.2) is 89.1 Å². The average molecular weight is 487 g/mol. The van der Waals surface area contributed by atoms with Gasteiger partial charge >= 0.3 is 0 Å². The van der Waals surface area contributed by atoms with Crippen LogP contribution in [0.2, 0.25) is 0 Å². The predicted octanol–water partition coefficient (Wildman–Crippen LogP) is 3.85. The summed E-state index contributed by atoms with van der Waals surface area (Å²) in [4.78, 5) is 13.4. The predicted molar refractivity (Wildman–Crippen MR) is 132 cm³/mol. The zero-order valence-corrected chi connectivity index (χ0v) is 19.7. The molecule has 0 saturated heterocycles. The molecule has 35 heavy (non-hydrogen) atoms. The first-order valence-corrected chi connectivity index (χ1v) is 11.9. The minimum absolute atomic E-state index is 0.108. The monoisotopic (exact) mass is 486 g/mol. The van der Waals surface area contributed by atoms with Gasteiger partial charge in [-0.1, -0.05) is 54.2 Å². The van der Waals surface area contributed by atoms with Crippen LogP contribution < -0.4 is 4.74 Å². The third-order valence-corrected chi connectivity index (χ3v) is 6.54. The molecule has 1 aromatic heterocycles. The van der Waals surface area contributed by atoms with Gasteiger partial charge in [0.1, 0.15) is 11.5 Å². The number of benzene rings is 3. The van der Waals surface area contributed by atoms with Crippen LogP contribution in [0.5, 0.6) is 11.5 Å². The number of rotatable bonds is 7. The van der Waals surface area contributed by atoms with Gasteiger partial charge in [0.15, 0.2) is 0 Å². The van der Waals surface area contributed by atoms with Gasteiger partial charge in [0.2, 0.25) is 5.16 Å². The number of thioether (sulfide) groups is 1. The number of amides is 1. The highest BCUT2D eigenvalue weighted by Gasteiger charge is 2.33. The Labute approximate surface area is 206 Å². The van der Waals surface area contributed by atoms with Crippen LogP contribution in [0, 0.1) is 0 Å². The fraction of sp³-hybridized carbons (Fsp3) is 0.160. The van der Waals surface area contributed by atoms with E-state index in [0.29, 0.717) is 17.3 Å². The number of carbonyl (C=O) groups is 1. The molecule has 0 spiro atoms. The quantitative estimate of drug-likeness (QED) is 0.396. The van der Waals surface area contributed by atoms with Crippen molar-refractivity contribution in [2.24, 2.45) is 5.10 Å². The van der Waals surface area contributed by atoms with E-state index >= 15 is 0 Å². The summed E-state index contributed by atoms with van der Waals surface area (Å²) < 4.78 is 6.81. The van der Waals surface area contributed by atoms with E-state index in [0.717, 1.165) is 22.6 Å². The van der Waals surface area contributed by atoms with Crippen LogP contribution in [0.25, 0.3) is 5.69 Å². The maximum atomic E-state index is 13.4. The van der Waals surface area contributed by atoms with Gasteiger partial charge in [-0.3, -0.25) is 4.79 Å². The highest BCUT2D eigenvalue weighted by atomic mass is 32.2. The molecule has 0 bridgehead atoms. The number of nitrogens with zero attached hydrogens (tertiary/aromatic N) is 6. The number of phenols is 1. The second-order valence-electron chi connectivity index (χ2n) is 7.82. The normalized spacial score (nSPS) is 15.2. The summed E-state index contributed by atoms with van der Waals surface area (Å²) in [7, 11) is 1.63. The lowest BCUT2D eigenvalue weighted by Crippen LogP contribution is -2.28. The van der Waals surface area contributed by atoms with Crippen molar-refractivity contribution in [2.45, 2.75) is 17.6 Å². The summed E-state index contributed by atoms with van der Waals surface area (Å²) in [6.45, 7) is 0. The molecule has 0 radical (unpaired) electrons. The summed E-state index contributed by atoms with van der Waals surface area (Å²) >= 11 is 1.23. The number of carbonyl (C=O) groups excluding carboxylic acids is 1. The van der Waals surface area contributed by atoms with E-state index in [1.807, 2.05) is 54.6 Å². The Morgan fingerprint density at radius 1 is 1.06 bits per heavy atom. The van der Waals surface area contributed by atoms with Gasteiger partial charge < -0.3 is 9.84 Å². The van der Waals surface area contributed by atoms with Gasteiger partial charge in [-0.25, -0.2) is 5.01 Å². The molecule has 1 aliphatic heterocycles. The molecule has 4 aromatic rings. The van der Waals surface area contributed by atoms with Crippen molar-refractivity contribution in [3.8, 4) is 17.2 Å². The van der Waals surface area contributed by atoms with Gasteiger partial charge in [0, 0.05) is 6.42 Å². The fourth-order valence-electron chi connectivity index (χ4n) is 3.85. The zero-order chi connectivity index (χ0) is 24.2. The molecule has 5 rings (SSSR count). The third-order valence-electron chi connectivity index (χ3n) is 5.63. The van der Waals surface area contributed by atoms with Crippen LogP contribution in [0.4, 0.5) is 0 Å². The summed E-state index contributed by atoms with van der Waals surface area (Å²) in [6, 6.07) is 23.9. The third kappa shape index (κ3) is 4.87. The molecule has 0 unspecified atom stereocenters. The first kappa shape index (κ1) is 22.6. The summed E-state index contributed by atoms with van der Waals surface area (Å²) in [5.74, 6) is 0.862. The fourth-order valence-corrected chi connectivity index (χ4v) is 4.59. The number of hydrazone groups is 1. The van der Waals surface area contributed by atoms with E-state index in [1.54, 1.807) is 36.4 Å². The van der Waals surface area contributed by atoms with Gasteiger partial charge in [0.25, 0.3) is 5.91 Å². The van der Waals surface area contributed by atoms with E-state index in [-0.39, 0.29) is 23.5 Å². The summed E-state index contributed by atoms with van der Waals surface area (Å²) in [6.07, 6.45) is 0.609. The molecule has 3 aromatic carbocycles. The Kier molecular flexibility index (Phi) is 6.44. The Balaban J connectivity index is 1.37. The lowest BCUT2D eigenvalue weighted by molar-refractivity contribution is -0.130. The van der Waals surface area contributed by atoms with E-state index in [4.69, 9.17) is 9.84 Å². The van der Waals surface area contributed by atoms with Crippen LogP contribution in [-0.4, -0.2) is 54.8 Å². The lowest BCUT2D eigenvalue weighted by Gasteiger charge is -2.22. The number of aromatic hydroxyl groups is 1. The van der Waals surface area contributed by atoms with Crippen molar-refractivity contribution in [3.05, 3.63) is 90.0 Å². The number of hydrogen-bond acceptors (Lipinski definition) is 8. The van der Waals surface area contributed by atoms with E-state index < -0.39 is 0 Å². The average Bonchev–Trinajstić information content (AvgIpc) is 3.56. The van der Waals surface area contributed by atoms with Gasteiger partial charge in [0.05, 0.1) is 30.3 Å². The van der Waals surface area contributed by atoms with Gasteiger partial charge in [-0.15, -0.1) is 5.10 Å². The Morgan fingerprint density at radius 2 is 1.80 bits per heavy atom. The van der Waals surface area contributed by atoms with E-state index in [1.165, 1.54) is 16.4 Å². The summed E-state index contributed by atoms with van der Waals surface area (Å²) in [5.41, 5.74) is 3.51. The second kappa shape index (κ2) is 9.98. The topological polar surface area (TPSA) is 106 Å². The largest absolute Gasteiger partial charge is 0.508 e. The van der Waals surface area contributed by atoms with Gasteiger partial charge in [-0.2, -0.15) is 9.78 Å². The van der Waals surface area contributed by atoms with Gasteiger partial charge in [-0.05, 0) is 58.0 Å². The van der Waals surface area contributed by atoms with E-state index in [2.05, 4.69) is 15.5 Å². The molecule has 1 atom stereocenters. The first-order valence-electron chi connectivity index (χ1n) is 10.9. The smallest absolute Gasteiger partial charge is 0.253 e. The maximum absolute atomic E-state index is 13.4. The molecule has 176 valence electrons. The van der Waals surface area contributed by atoms with Crippen molar-refractivity contribution in [1.82, 2.24) is 25.2 Å². The number of phenolic OH excluding ortho intramolecular Hbond substituents is 1. The molecule has 0 saturated carbocycles. The molecule has 0 aliphatic carbocycles. The maximum Gasteiger partial charge on any atom is 0.253 e. The lowest BCUT2D eigenvalue weighted by atomic mass is 9.98. The number of methoxy groups -OCH3 is 1. The number of tetrazole rings is 1. The number of ether oxygens (including phenoxy) is 1. The zero-order valence-electron chi connectivity index (χ0n) is 18.9. The van der Waals surface area contributed by atoms with Crippen molar-refractivity contribution in [1.29, 1.82) is 0 Å². The molecular formula is C25H22N6O3S. The van der Waals surface area contributed by atoms with Crippen molar-refractivity contribution >= 4 is 23.4 Å². The molecular weight excluding hydrogens is 464 g/mol. The number of aromatic nitrogens is 4. The van der Waals surface area contributed by atoms with Crippen molar-refractivity contribution in [3.63, 3.8) is 0 Å². The summed E-state index contributed by atoms with van der Waals surface area (Å²) in [5, 5.41) is 28.1.